The zero-order valence-electron chi connectivity index (χ0n) is 33.4. The van der Waals surface area contributed by atoms with E-state index in [1.54, 1.807) is 20.2 Å². The molecule has 1 rings (SSSR count). The Kier molecular flexibility index (Phi) is 91.4. The van der Waals surface area contributed by atoms with Crippen molar-refractivity contribution in [2.24, 2.45) is 27.9 Å². The van der Waals surface area contributed by atoms with E-state index in [1.165, 1.54) is 50.0 Å². The van der Waals surface area contributed by atoms with Gasteiger partial charge in [0.2, 0.25) is 0 Å². The second-order valence-electron chi connectivity index (χ2n) is 10.5. The second-order valence-corrected chi connectivity index (χ2v) is 13.3. The Morgan fingerprint density at radius 3 is 1.52 bits per heavy atom. The lowest BCUT2D eigenvalue weighted by Crippen LogP contribution is -2.22. The minimum atomic E-state index is 0. The third kappa shape index (κ3) is 120. The van der Waals surface area contributed by atoms with E-state index < -0.39 is 0 Å². The Balaban J connectivity index is -0.0000000643. The number of nitrogens with one attached hydrogen (secondary N) is 1. The number of carbonyl (C=O) groups is 2. The van der Waals surface area contributed by atoms with Gasteiger partial charge in [0, 0.05) is 48.8 Å². The van der Waals surface area contributed by atoms with Gasteiger partial charge in [-0.05, 0) is 53.0 Å². The number of guanidine groups is 1. The highest BCUT2D eigenvalue weighted by atomic mass is 33.1. The van der Waals surface area contributed by atoms with Crippen LogP contribution in [0.1, 0.15) is 174 Å². The van der Waals surface area contributed by atoms with E-state index in [-0.39, 0.29) is 25.0 Å². The summed E-state index contributed by atoms with van der Waals surface area (Å²) < 4.78 is 0. The van der Waals surface area contributed by atoms with Crippen molar-refractivity contribution in [2.45, 2.75) is 181 Å². The van der Waals surface area contributed by atoms with Gasteiger partial charge in [-0.15, -0.1) is 0 Å². The van der Waals surface area contributed by atoms with Gasteiger partial charge in [0.1, 0.15) is 11.6 Å². The third-order valence-corrected chi connectivity index (χ3v) is 7.36. The van der Waals surface area contributed by atoms with Crippen LogP contribution in [0, 0.1) is 0 Å². The SMILES string of the molecule is C.CCC.CCC(C)=O.CCCC.CCCC(C)=O.CCCCCN.CCCCN=C(N)N.CCSSCC(C)N.CCc1cnc[nH]1. The summed E-state index contributed by atoms with van der Waals surface area (Å²) in [5.41, 5.74) is 22.0. The van der Waals surface area contributed by atoms with E-state index >= 15 is 0 Å². The molecule has 1 heterocycles. The molecule has 9 nitrogen and oxygen atoms in total. The molecule has 0 fully saturated rings. The molecule has 294 valence electrons. The number of H-pyrrole nitrogens is 1. The maximum atomic E-state index is 10.0. The van der Waals surface area contributed by atoms with Crippen LogP contribution in [-0.2, 0) is 16.0 Å². The first kappa shape index (κ1) is 64.9. The summed E-state index contributed by atoms with van der Waals surface area (Å²) in [4.78, 5) is 30.5. The zero-order chi connectivity index (χ0) is 38.2. The molecule has 0 aliphatic carbocycles. The molecule has 0 aliphatic heterocycles. The normalized spacial score (nSPS) is 9.06. The average Bonchev–Trinajstić information content (AvgIpc) is 3.56. The van der Waals surface area contributed by atoms with E-state index in [0.717, 1.165) is 50.9 Å². The lowest BCUT2D eigenvalue weighted by atomic mass is 10.3. The van der Waals surface area contributed by atoms with Crippen LogP contribution in [0.5, 0.6) is 0 Å². The largest absolute Gasteiger partial charge is 0.370 e. The second kappa shape index (κ2) is 67.6. The molecule has 9 N–H and O–H groups in total. The molecular weight excluding hydrogens is 639 g/mol. The first-order valence-corrected chi connectivity index (χ1v) is 20.5. The Morgan fingerprint density at radius 1 is 0.833 bits per heavy atom. The fourth-order valence-electron chi connectivity index (χ4n) is 1.83. The van der Waals surface area contributed by atoms with Gasteiger partial charge in [0.15, 0.2) is 5.96 Å². The standard InChI is InChI=1S/C5H13N3.C5H8N2.C5H13NS2.C5H13N.C5H10O.C4H8O.C4H10.C3H8.CH4/c1-2-3-4-8-5(6)7;1-2-5-3-6-4-7-5;1-3-7-8-4-5(2)6;1-2-3-4-5-6;1-3-4-5(2)6;1-3-4(2)5;1-3-4-2;1-3-2;/h2-4H2,1H3,(H4,6,7,8);3-4H,2H2,1H3,(H,6,7);5H,3-4,6H2,1-2H3;2-6H2,1H3;3-4H2,1-2H3;3H2,1-2H3;3-4H2,1-2H3;3H2,1-2H3;1H4. The smallest absolute Gasteiger partial charge is 0.185 e. The van der Waals surface area contributed by atoms with Crippen molar-refractivity contribution in [2.75, 3.05) is 24.6 Å². The predicted octanol–water partition coefficient (Wildman–Crippen LogP) is 10.1. The van der Waals surface area contributed by atoms with Crippen molar-refractivity contribution in [3.63, 3.8) is 0 Å². The molecule has 0 saturated heterocycles. The van der Waals surface area contributed by atoms with E-state index in [1.807, 2.05) is 48.6 Å². The van der Waals surface area contributed by atoms with Crippen LogP contribution in [0.25, 0.3) is 0 Å². The number of ketones is 2. The van der Waals surface area contributed by atoms with Crippen molar-refractivity contribution in [1.29, 1.82) is 0 Å². The molecule has 1 atom stereocenters. The van der Waals surface area contributed by atoms with Crippen LogP contribution in [-0.4, -0.2) is 58.1 Å². The molecule has 11 heteroatoms. The molecular formula is C37H87N7O2S2. The predicted molar refractivity (Wildman–Crippen MR) is 226 cm³/mol. The molecule has 0 radical (unpaired) electrons. The number of nitrogens with zero attached hydrogens (tertiary/aromatic N) is 2. The molecule has 1 aromatic heterocycles. The van der Waals surface area contributed by atoms with Crippen molar-refractivity contribution >= 4 is 39.1 Å². The van der Waals surface area contributed by atoms with Crippen LogP contribution in [0.15, 0.2) is 17.5 Å². The number of unbranched alkanes of at least 4 members (excludes halogenated alkanes) is 4. The molecule has 0 amide bonds. The van der Waals surface area contributed by atoms with Gasteiger partial charge in [0.25, 0.3) is 0 Å². The fourth-order valence-corrected chi connectivity index (χ4v) is 3.74. The Morgan fingerprint density at radius 2 is 1.33 bits per heavy atom. The maximum absolute atomic E-state index is 10.0. The van der Waals surface area contributed by atoms with Gasteiger partial charge in [-0.3, -0.25) is 4.99 Å². The summed E-state index contributed by atoms with van der Waals surface area (Å²) in [7, 11) is 3.73. The fraction of sp³-hybridized carbons (Fsp3) is 0.838. The first-order valence-electron chi connectivity index (χ1n) is 18.0. The van der Waals surface area contributed by atoms with Gasteiger partial charge in [-0.25, -0.2) is 4.98 Å². The summed E-state index contributed by atoms with van der Waals surface area (Å²) in [6, 6.07) is 0.346. The topological polar surface area (TPSA) is 179 Å². The Hall–Kier alpha value is -1.56. The number of aromatic nitrogens is 2. The number of nitrogens with two attached hydrogens (primary N) is 4. The highest BCUT2D eigenvalue weighted by Gasteiger charge is 1.91. The van der Waals surface area contributed by atoms with Crippen LogP contribution in [0.4, 0.5) is 0 Å². The van der Waals surface area contributed by atoms with Gasteiger partial charge >= 0.3 is 0 Å². The number of Topliss-reactive ketones (excluding diaryl/α,β-unsaturated/α-hetero) is 2. The van der Waals surface area contributed by atoms with E-state index in [2.05, 4.69) is 70.4 Å². The molecule has 0 saturated carbocycles. The van der Waals surface area contributed by atoms with Crippen molar-refractivity contribution in [3.05, 3.63) is 18.2 Å². The molecule has 0 bridgehead atoms. The summed E-state index contributed by atoms with van der Waals surface area (Å²) in [6.07, 6.45) is 16.8. The lowest BCUT2D eigenvalue weighted by Gasteiger charge is -2.00. The molecule has 1 unspecified atom stereocenters. The van der Waals surface area contributed by atoms with Crippen LogP contribution < -0.4 is 22.9 Å². The summed E-state index contributed by atoms with van der Waals surface area (Å²) in [5, 5.41) is 0. The van der Waals surface area contributed by atoms with E-state index in [0.29, 0.717) is 12.5 Å². The summed E-state index contributed by atoms with van der Waals surface area (Å²) in [5.74, 6) is 2.98. The number of aryl methyl sites for hydroxylation is 1. The lowest BCUT2D eigenvalue weighted by molar-refractivity contribution is -0.117. The minimum Gasteiger partial charge on any atom is -0.370 e. The molecule has 1 aromatic rings. The number of aromatic amines is 1. The number of imidazole rings is 1. The number of aliphatic imine (C=N–C) groups is 1. The average molecular weight is 726 g/mol. The molecule has 0 aliphatic rings. The van der Waals surface area contributed by atoms with Gasteiger partial charge in [-0.2, -0.15) is 0 Å². The highest BCUT2D eigenvalue weighted by Crippen LogP contribution is 2.20. The number of rotatable bonds is 15. The maximum Gasteiger partial charge on any atom is 0.185 e. The van der Waals surface area contributed by atoms with Crippen molar-refractivity contribution in [1.82, 2.24) is 9.97 Å². The van der Waals surface area contributed by atoms with Crippen molar-refractivity contribution in [3.8, 4) is 0 Å². The van der Waals surface area contributed by atoms with Crippen LogP contribution >= 0.6 is 21.6 Å². The number of hydrogen-bond acceptors (Lipinski definition) is 8. The number of carbonyl (C=O) groups excluding carboxylic acids is 2. The molecule has 0 spiro atoms. The summed E-state index contributed by atoms with van der Waals surface area (Å²) >= 11 is 0. The first-order chi connectivity index (χ1) is 22.3. The quantitative estimate of drug-likeness (QED) is 0.0509. The minimum absolute atomic E-state index is 0. The van der Waals surface area contributed by atoms with Gasteiger partial charge in [-0.1, -0.05) is 137 Å². The summed E-state index contributed by atoms with van der Waals surface area (Å²) in [6.45, 7) is 27.8. The van der Waals surface area contributed by atoms with Crippen LogP contribution in [0.2, 0.25) is 0 Å². The van der Waals surface area contributed by atoms with Crippen LogP contribution in [0.3, 0.4) is 0 Å². The van der Waals surface area contributed by atoms with Gasteiger partial charge < -0.3 is 37.5 Å². The van der Waals surface area contributed by atoms with E-state index in [4.69, 9.17) is 22.9 Å². The Labute approximate surface area is 309 Å². The van der Waals surface area contributed by atoms with Crippen molar-refractivity contribution < 1.29 is 9.59 Å². The van der Waals surface area contributed by atoms with Gasteiger partial charge in [0.05, 0.1) is 6.33 Å². The third-order valence-electron chi connectivity index (χ3n) is 4.68. The number of hydrogen-bond donors (Lipinski definition) is 5. The molecule has 48 heavy (non-hydrogen) atoms. The van der Waals surface area contributed by atoms with E-state index in [9.17, 15) is 9.59 Å². The zero-order valence-corrected chi connectivity index (χ0v) is 35.0. The molecule has 0 aromatic carbocycles. The Bertz CT molecular complexity index is 667. The highest BCUT2D eigenvalue weighted by molar-refractivity contribution is 8.76. The monoisotopic (exact) mass is 726 g/mol.